The van der Waals surface area contributed by atoms with Gasteiger partial charge in [-0.1, -0.05) is 58.8 Å². The molecule has 3 aromatic rings. The second-order valence-corrected chi connectivity index (χ2v) is 10.4. The van der Waals surface area contributed by atoms with Crippen LogP contribution in [0, 0.1) is 16.7 Å². The van der Waals surface area contributed by atoms with Crippen molar-refractivity contribution < 1.29 is 14.3 Å². The van der Waals surface area contributed by atoms with Crippen molar-refractivity contribution in [3.8, 4) is 29.0 Å². The Kier molecular flexibility index (Phi) is 12.0. The Morgan fingerprint density at radius 2 is 1.46 bits per heavy atom. The van der Waals surface area contributed by atoms with Crippen LogP contribution in [0.3, 0.4) is 0 Å². The summed E-state index contributed by atoms with van der Waals surface area (Å²) in [7, 11) is 0. The van der Waals surface area contributed by atoms with Gasteiger partial charge in [0.1, 0.15) is 18.1 Å². The highest BCUT2D eigenvalue weighted by atomic mass is 16.5. The molecule has 206 valence electrons. The summed E-state index contributed by atoms with van der Waals surface area (Å²) in [5, 5.41) is 9.50. The topological polar surface area (TPSA) is 85.1 Å². The molecule has 39 heavy (non-hydrogen) atoms. The number of aromatic nitrogens is 2. The second kappa shape index (κ2) is 15.6. The molecule has 0 aliphatic carbocycles. The lowest BCUT2D eigenvalue weighted by Gasteiger charge is -2.21. The first-order chi connectivity index (χ1) is 19.0. The van der Waals surface area contributed by atoms with Crippen LogP contribution in [0.4, 0.5) is 0 Å². The molecule has 6 heteroatoms. The van der Waals surface area contributed by atoms with E-state index in [4.69, 9.17) is 9.47 Å². The highest BCUT2D eigenvalue weighted by Gasteiger charge is 2.24. The van der Waals surface area contributed by atoms with Crippen LogP contribution in [-0.4, -0.2) is 22.5 Å². The lowest BCUT2D eigenvalue weighted by molar-refractivity contribution is 0.0734. The quantitative estimate of drug-likeness (QED) is 0.106. The van der Waals surface area contributed by atoms with Gasteiger partial charge in [-0.15, -0.1) is 0 Å². The summed E-state index contributed by atoms with van der Waals surface area (Å²) in [4.78, 5) is 21.7. The van der Waals surface area contributed by atoms with Crippen LogP contribution in [0.25, 0.3) is 11.4 Å². The van der Waals surface area contributed by atoms with Gasteiger partial charge in [-0.25, -0.2) is 14.8 Å². The molecule has 0 aliphatic rings. The zero-order valence-corrected chi connectivity index (χ0v) is 23.6. The predicted octanol–water partition coefficient (Wildman–Crippen LogP) is 8.36. The highest BCUT2D eigenvalue weighted by molar-refractivity contribution is 5.91. The van der Waals surface area contributed by atoms with Gasteiger partial charge in [0, 0.05) is 18.0 Å². The normalized spacial score (nSPS) is 12.4. The molecule has 0 N–H and O–H groups in total. The molecule has 1 aromatic heterocycles. The van der Waals surface area contributed by atoms with E-state index in [1.165, 1.54) is 38.5 Å². The number of aryl methyl sites for hydroxylation is 1. The van der Waals surface area contributed by atoms with E-state index in [0.29, 0.717) is 29.5 Å². The van der Waals surface area contributed by atoms with Crippen LogP contribution in [0.5, 0.6) is 11.5 Å². The summed E-state index contributed by atoms with van der Waals surface area (Å²) in [5.74, 6) is 1.27. The number of unbranched alkanes of at least 4 members (excludes halogenated alkanes) is 6. The molecule has 3 rings (SSSR count). The van der Waals surface area contributed by atoms with Crippen LogP contribution in [0.2, 0.25) is 0 Å². The first-order valence-electron chi connectivity index (χ1n) is 14.2. The van der Waals surface area contributed by atoms with Crippen molar-refractivity contribution in [3.05, 3.63) is 72.1 Å². The van der Waals surface area contributed by atoms with E-state index in [1.807, 2.05) is 31.5 Å². The number of nitrogens with zero attached hydrogens (tertiary/aromatic N) is 3. The molecular weight excluding hydrogens is 486 g/mol. The zero-order valence-electron chi connectivity index (χ0n) is 23.6. The summed E-state index contributed by atoms with van der Waals surface area (Å²) in [6.07, 6.45) is 15.3. The number of benzene rings is 2. The molecular formula is C33H41N3O3. The largest absolute Gasteiger partial charge is 0.492 e. The molecule has 2 aromatic carbocycles. The Hall–Kier alpha value is -3.72. The van der Waals surface area contributed by atoms with E-state index in [0.717, 1.165) is 36.8 Å². The number of carbonyl (C=O) groups excluding carboxylic acids is 1. The molecule has 0 aliphatic heterocycles. The Morgan fingerprint density at radius 1 is 0.846 bits per heavy atom. The third-order valence-electron chi connectivity index (χ3n) is 6.85. The third-order valence-corrected chi connectivity index (χ3v) is 6.85. The molecule has 6 nitrogen and oxygen atoms in total. The van der Waals surface area contributed by atoms with E-state index >= 15 is 0 Å². The van der Waals surface area contributed by atoms with Gasteiger partial charge in [0.15, 0.2) is 5.82 Å². The first kappa shape index (κ1) is 29.8. The van der Waals surface area contributed by atoms with Crippen molar-refractivity contribution in [2.75, 3.05) is 6.61 Å². The van der Waals surface area contributed by atoms with Crippen LogP contribution in [0.1, 0.15) is 94.5 Å². The summed E-state index contributed by atoms with van der Waals surface area (Å²) in [6.45, 7) is 6.57. The standard InChI is InChI=1S/C33H41N3O3/c1-4-6-8-9-10-11-12-26-22-35-31(36-23-26)27-13-19-30(20-14-27)39-32(37)28-15-17-29(18-16-28)38-25-33(3,24-34)21-7-5-2/h13-20,22-23H,4-12,21,25H2,1-3H3. The third kappa shape index (κ3) is 9.83. The summed E-state index contributed by atoms with van der Waals surface area (Å²) in [5.41, 5.74) is 1.92. The summed E-state index contributed by atoms with van der Waals surface area (Å²) in [6, 6.07) is 16.4. The number of ether oxygens (including phenoxy) is 2. The van der Waals surface area contributed by atoms with Gasteiger partial charge in [0.05, 0.1) is 17.0 Å². The van der Waals surface area contributed by atoms with Gasteiger partial charge in [0.2, 0.25) is 0 Å². The fourth-order valence-electron chi connectivity index (χ4n) is 4.24. The maximum atomic E-state index is 12.6. The second-order valence-electron chi connectivity index (χ2n) is 10.4. The molecule has 0 fully saturated rings. The molecule has 0 radical (unpaired) electrons. The average molecular weight is 528 g/mol. The lowest BCUT2D eigenvalue weighted by atomic mass is 9.87. The maximum Gasteiger partial charge on any atom is 0.343 e. The number of carbonyl (C=O) groups is 1. The van der Waals surface area contributed by atoms with Crippen molar-refractivity contribution in [2.45, 2.75) is 85.0 Å². The van der Waals surface area contributed by atoms with Crippen molar-refractivity contribution >= 4 is 5.97 Å². The van der Waals surface area contributed by atoms with Crippen molar-refractivity contribution in [2.24, 2.45) is 5.41 Å². The van der Waals surface area contributed by atoms with Crippen LogP contribution in [-0.2, 0) is 6.42 Å². The molecule has 1 heterocycles. The van der Waals surface area contributed by atoms with Gasteiger partial charge in [-0.3, -0.25) is 0 Å². The Bertz CT molecular complexity index is 1180. The molecule has 0 spiro atoms. The minimum absolute atomic E-state index is 0.311. The van der Waals surface area contributed by atoms with Crippen molar-refractivity contribution in [3.63, 3.8) is 0 Å². The molecule has 0 saturated heterocycles. The number of rotatable bonds is 16. The molecule has 1 unspecified atom stereocenters. The molecule has 0 saturated carbocycles. The van der Waals surface area contributed by atoms with Gasteiger partial charge in [-0.2, -0.15) is 5.26 Å². The van der Waals surface area contributed by atoms with Crippen LogP contribution < -0.4 is 9.47 Å². The number of esters is 1. The van der Waals surface area contributed by atoms with E-state index in [2.05, 4.69) is 29.9 Å². The molecule has 1 atom stereocenters. The maximum absolute atomic E-state index is 12.6. The van der Waals surface area contributed by atoms with Gasteiger partial charge < -0.3 is 9.47 Å². The first-order valence-corrected chi connectivity index (χ1v) is 14.2. The Morgan fingerprint density at radius 3 is 2.10 bits per heavy atom. The summed E-state index contributed by atoms with van der Waals surface area (Å²) >= 11 is 0. The fourth-order valence-corrected chi connectivity index (χ4v) is 4.24. The summed E-state index contributed by atoms with van der Waals surface area (Å²) < 4.78 is 11.4. The number of hydrogen-bond acceptors (Lipinski definition) is 6. The van der Waals surface area contributed by atoms with E-state index in [1.54, 1.807) is 36.4 Å². The van der Waals surface area contributed by atoms with Gasteiger partial charge >= 0.3 is 5.97 Å². The Balaban J connectivity index is 1.48. The smallest absolute Gasteiger partial charge is 0.343 e. The van der Waals surface area contributed by atoms with E-state index in [-0.39, 0.29) is 0 Å². The van der Waals surface area contributed by atoms with Crippen LogP contribution >= 0.6 is 0 Å². The molecule has 0 bridgehead atoms. The van der Waals surface area contributed by atoms with Gasteiger partial charge in [0.25, 0.3) is 0 Å². The van der Waals surface area contributed by atoms with Crippen molar-refractivity contribution in [1.29, 1.82) is 5.26 Å². The van der Waals surface area contributed by atoms with Gasteiger partial charge in [-0.05, 0) is 80.3 Å². The zero-order chi connectivity index (χ0) is 27.9. The van der Waals surface area contributed by atoms with Crippen LogP contribution in [0.15, 0.2) is 60.9 Å². The molecule has 0 amide bonds. The monoisotopic (exact) mass is 527 g/mol. The SMILES string of the molecule is CCCCCCCCc1cnc(-c2ccc(OC(=O)c3ccc(OCC(C)(C#N)CCCC)cc3)cc2)nc1. The van der Waals surface area contributed by atoms with Crippen molar-refractivity contribution in [1.82, 2.24) is 9.97 Å². The minimum atomic E-state index is -0.527. The Labute approximate surface area is 233 Å². The lowest BCUT2D eigenvalue weighted by Crippen LogP contribution is -2.23. The van der Waals surface area contributed by atoms with E-state index < -0.39 is 11.4 Å². The predicted molar refractivity (Wildman–Crippen MR) is 155 cm³/mol. The average Bonchev–Trinajstić information content (AvgIpc) is 2.98. The van der Waals surface area contributed by atoms with E-state index in [9.17, 15) is 10.1 Å². The minimum Gasteiger partial charge on any atom is -0.492 e. The number of nitriles is 1. The fraction of sp³-hybridized carbons (Fsp3) is 0.455. The number of hydrogen-bond donors (Lipinski definition) is 0. The highest BCUT2D eigenvalue weighted by Crippen LogP contribution is 2.26.